The molecule has 0 saturated carbocycles. The number of carboxylic acids is 1. The van der Waals surface area contributed by atoms with E-state index in [9.17, 15) is 9.59 Å². The number of ether oxygens (including phenoxy) is 1. The zero-order valence-corrected chi connectivity index (χ0v) is 12.1. The van der Waals surface area contributed by atoms with E-state index in [1.807, 2.05) is 6.07 Å². The van der Waals surface area contributed by atoms with E-state index in [1.165, 1.54) is 0 Å². The van der Waals surface area contributed by atoms with Crippen LogP contribution in [0.5, 0.6) is 0 Å². The number of hydrogen-bond acceptors (Lipinski definition) is 7. The Morgan fingerprint density at radius 3 is 2.64 bits per heavy atom. The molecule has 1 aromatic heterocycles. The molecule has 118 valence electrons. The molecule has 0 unspecified atom stereocenters. The number of nitrogens with zero attached hydrogens (tertiary/aromatic N) is 4. The van der Waals surface area contributed by atoms with Gasteiger partial charge in [-0.05, 0) is 6.92 Å². The molecule has 1 N–H and O–H groups in total. The van der Waals surface area contributed by atoms with Crippen LogP contribution in [-0.2, 0) is 16.0 Å². The maximum absolute atomic E-state index is 11.6. The Balaban J connectivity index is 2.05. The van der Waals surface area contributed by atoms with Gasteiger partial charge in [0.1, 0.15) is 12.5 Å². The Morgan fingerprint density at radius 1 is 1.41 bits per heavy atom. The van der Waals surface area contributed by atoms with Crippen molar-refractivity contribution in [3.63, 3.8) is 0 Å². The molecule has 0 aromatic carbocycles. The van der Waals surface area contributed by atoms with E-state index in [4.69, 9.17) is 19.5 Å². The van der Waals surface area contributed by atoms with Crippen LogP contribution in [0.25, 0.3) is 0 Å². The van der Waals surface area contributed by atoms with Crippen molar-refractivity contribution in [1.82, 2.24) is 9.88 Å². The van der Waals surface area contributed by atoms with Gasteiger partial charge in [0.05, 0.1) is 6.61 Å². The molecule has 0 aliphatic carbocycles. The number of rotatable bonds is 4. The first-order valence-electron chi connectivity index (χ1n) is 6.83. The molecule has 2 heterocycles. The summed E-state index contributed by atoms with van der Waals surface area (Å²) >= 11 is 0. The minimum atomic E-state index is -1.08. The SMILES string of the molecule is CCOC(=O)N1CCN(c2oc(CC(=O)O)nc2C#N)CC1. The van der Waals surface area contributed by atoms with Crippen LogP contribution in [0.15, 0.2) is 4.42 Å². The molecule has 1 aromatic rings. The molecule has 9 nitrogen and oxygen atoms in total. The Labute approximate surface area is 126 Å². The third-order valence-corrected chi connectivity index (χ3v) is 3.15. The normalized spacial score (nSPS) is 14.5. The third kappa shape index (κ3) is 3.46. The third-order valence-electron chi connectivity index (χ3n) is 3.15. The largest absolute Gasteiger partial charge is 0.481 e. The lowest BCUT2D eigenvalue weighted by molar-refractivity contribution is -0.136. The molecule has 1 fully saturated rings. The average Bonchev–Trinajstić information content (AvgIpc) is 2.89. The predicted molar refractivity (Wildman–Crippen MR) is 73.4 cm³/mol. The molecular formula is C13H16N4O5. The number of aliphatic carboxylic acids is 1. The quantitative estimate of drug-likeness (QED) is 0.851. The molecule has 1 saturated heterocycles. The summed E-state index contributed by atoms with van der Waals surface area (Å²) in [6, 6.07) is 1.90. The summed E-state index contributed by atoms with van der Waals surface area (Å²) in [6.45, 7) is 3.83. The highest BCUT2D eigenvalue weighted by Crippen LogP contribution is 2.23. The maximum Gasteiger partial charge on any atom is 0.409 e. The van der Waals surface area contributed by atoms with Gasteiger partial charge in [0.2, 0.25) is 17.5 Å². The standard InChI is InChI=1S/C13H16N4O5/c1-2-21-13(20)17-5-3-16(4-6-17)12-9(8-14)15-10(22-12)7-11(18)19/h2-7H2,1H3,(H,18,19). The molecule has 1 amide bonds. The van der Waals surface area contributed by atoms with Crippen LogP contribution in [0.2, 0.25) is 0 Å². The summed E-state index contributed by atoms with van der Waals surface area (Å²) in [5.74, 6) is -0.835. The Hall–Kier alpha value is -2.76. The van der Waals surface area contributed by atoms with Gasteiger partial charge in [-0.2, -0.15) is 10.2 Å². The molecule has 0 bridgehead atoms. The van der Waals surface area contributed by atoms with E-state index in [0.29, 0.717) is 32.8 Å². The first-order chi connectivity index (χ1) is 10.5. The van der Waals surface area contributed by atoms with Crippen molar-refractivity contribution in [3.8, 4) is 6.07 Å². The molecule has 2 rings (SSSR count). The number of carbonyl (C=O) groups excluding carboxylic acids is 1. The second-order valence-electron chi connectivity index (χ2n) is 4.62. The van der Waals surface area contributed by atoms with Crippen LogP contribution in [-0.4, -0.2) is 59.8 Å². The first kappa shape index (κ1) is 15.6. The topological polar surface area (TPSA) is 120 Å². The van der Waals surface area contributed by atoms with Crippen LogP contribution in [0.3, 0.4) is 0 Å². The van der Waals surface area contributed by atoms with Crippen molar-refractivity contribution in [2.75, 3.05) is 37.7 Å². The van der Waals surface area contributed by atoms with Crippen LogP contribution in [0.1, 0.15) is 18.5 Å². The summed E-state index contributed by atoms with van der Waals surface area (Å²) in [7, 11) is 0. The van der Waals surface area contributed by atoms with Gasteiger partial charge in [0.15, 0.2) is 0 Å². The minimum absolute atomic E-state index is 0.00753. The van der Waals surface area contributed by atoms with E-state index in [1.54, 1.807) is 16.7 Å². The first-order valence-corrected chi connectivity index (χ1v) is 6.83. The number of carbonyl (C=O) groups is 2. The number of aromatic nitrogens is 1. The van der Waals surface area contributed by atoms with E-state index >= 15 is 0 Å². The second kappa shape index (κ2) is 6.80. The number of anilines is 1. The number of amides is 1. The van der Waals surface area contributed by atoms with Crippen LogP contribution in [0.4, 0.5) is 10.7 Å². The molecule has 1 aliphatic heterocycles. The monoisotopic (exact) mass is 308 g/mol. The lowest BCUT2D eigenvalue weighted by Crippen LogP contribution is -2.49. The Morgan fingerprint density at radius 2 is 2.09 bits per heavy atom. The smallest absolute Gasteiger partial charge is 0.409 e. The van der Waals surface area contributed by atoms with Crippen molar-refractivity contribution in [3.05, 3.63) is 11.6 Å². The fourth-order valence-electron chi connectivity index (χ4n) is 2.15. The summed E-state index contributed by atoms with van der Waals surface area (Å²) in [5.41, 5.74) is 0.0563. The molecule has 1 aliphatic rings. The summed E-state index contributed by atoms with van der Waals surface area (Å²) in [6.07, 6.45) is -0.746. The van der Waals surface area contributed by atoms with Crippen molar-refractivity contribution < 1.29 is 23.8 Å². The Kier molecular flexibility index (Phi) is 4.83. The van der Waals surface area contributed by atoms with Gasteiger partial charge in [0, 0.05) is 26.2 Å². The van der Waals surface area contributed by atoms with Crippen molar-refractivity contribution in [2.45, 2.75) is 13.3 Å². The van der Waals surface area contributed by atoms with Crippen molar-refractivity contribution in [1.29, 1.82) is 5.26 Å². The van der Waals surface area contributed by atoms with Crippen molar-refractivity contribution >= 4 is 17.9 Å². The highest BCUT2D eigenvalue weighted by molar-refractivity contribution is 5.69. The van der Waals surface area contributed by atoms with E-state index < -0.39 is 5.97 Å². The lowest BCUT2D eigenvalue weighted by Gasteiger charge is -2.33. The highest BCUT2D eigenvalue weighted by Gasteiger charge is 2.27. The fourth-order valence-corrected chi connectivity index (χ4v) is 2.15. The zero-order valence-electron chi connectivity index (χ0n) is 12.1. The van der Waals surface area contributed by atoms with Gasteiger partial charge in [-0.15, -0.1) is 0 Å². The number of nitriles is 1. The van der Waals surface area contributed by atoms with Gasteiger partial charge in [0.25, 0.3) is 0 Å². The van der Waals surface area contributed by atoms with Gasteiger partial charge < -0.3 is 24.1 Å². The number of carboxylic acid groups (broad SMARTS) is 1. The van der Waals surface area contributed by atoms with Crippen LogP contribution < -0.4 is 4.90 Å². The lowest BCUT2D eigenvalue weighted by atomic mass is 10.3. The van der Waals surface area contributed by atoms with Crippen molar-refractivity contribution in [2.24, 2.45) is 0 Å². The molecule has 9 heteroatoms. The van der Waals surface area contributed by atoms with Crippen LogP contribution >= 0.6 is 0 Å². The number of hydrogen-bond donors (Lipinski definition) is 1. The molecule has 0 spiro atoms. The van der Waals surface area contributed by atoms with Gasteiger partial charge >= 0.3 is 12.1 Å². The van der Waals surface area contributed by atoms with E-state index in [0.717, 1.165) is 0 Å². The summed E-state index contributed by atoms with van der Waals surface area (Å²) in [5, 5.41) is 17.8. The predicted octanol–water partition coefficient (Wildman–Crippen LogP) is 0.452. The molecular weight excluding hydrogens is 292 g/mol. The van der Waals surface area contributed by atoms with Gasteiger partial charge in [-0.25, -0.2) is 4.79 Å². The maximum atomic E-state index is 11.6. The Bertz CT molecular complexity index is 598. The zero-order chi connectivity index (χ0) is 16.1. The van der Waals surface area contributed by atoms with E-state index in [-0.39, 0.29) is 30.0 Å². The minimum Gasteiger partial charge on any atom is -0.481 e. The van der Waals surface area contributed by atoms with Crippen LogP contribution in [0, 0.1) is 11.3 Å². The molecule has 0 atom stereocenters. The molecule has 0 radical (unpaired) electrons. The highest BCUT2D eigenvalue weighted by atomic mass is 16.6. The molecule has 22 heavy (non-hydrogen) atoms. The fraction of sp³-hybridized carbons (Fsp3) is 0.538. The van der Waals surface area contributed by atoms with Gasteiger partial charge in [-0.3, -0.25) is 4.79 Å². The summed E-state index contributed by atoms with van der Waals surface area (Å²) < 4.78 is 10.3. The average molecular weight is 308 g/mol. The van der Waals surface area contributed by atoms with E-state index in [2.05, 4.69) is 4.98 Å². The summed E-state index contributed by atoms with van der Waals surface area (Å²) in [4.78, 5) is 29.5. The second-order valence-corrected chi connectivity index (χ2v) is 4.62. The number of piperazine rings is 1. The number of oxazole rings is 1. The van der Waals surface area contributed by atoms with Gasteiger partial charge in [-0.1, -0.05) is 0 Å².